The normalized spacial score (nSPS) is 11.5. The highest BCUT2D eigenvalue weighted by atomic mass is 16.6. The van der Waals surface area contributed by atoms with Crippen molar-refractivity contribution in [3.63, 3.8) is 0 Å². The Morgan fingerprint density at radius 2 is 0.580 bits per heavy atom. The van der Waals surface area contributed by atoms with Crippen molar-refractivity contribution < 1.29 is 19.7 Å². The molecule has 0 spiro atoms. The lowest BCUT2D eigenvalue weighted by Gasteiger charge is -2.07. The fourth-order valence-electron chi connectivity index (χ4n) is 4.10. The molecule has 0 aliphatic carbocycles. The van der Waals surface area contributed by atoms with Crippen LogP contribution in [-0.4, -0.2) is 49.6 Å². The van der Waals surface area contributed by atoms with Gasteiger partial charge in [0.2, 0.25) is 0 Å². The fourth-order valence-corrected chi connectivity index (χ4v) is 4.10. The van der Waals surface area contributed by atoms with Gasteiger partial charge in [-0.2, -0.15) is 0 Å². The summed E-state index contributed by atoms with van der Waals surface area (Å²) in [4.78, 5) is 66.5. The average molecular weight is 673 g/mol. The topological polar surface area (TPSA) is 250 Å². The van der Waals surface area contributed by atoms with E-state index in [2.05, 4.69) is 19.9 Å². The van der Waals surface area contributed by atoms with Crippen LogP contribution in [0, 0.1) is 40.5 Å². The Morgan fingerprint density at radius 1 is 0.360 bits per heavy atom. The number of nitro groups is 4. The van der Waals surface area contributed by atoms with E-state index in [1.807, 2.05) is 0 Å². The van der Waals surface area contributed by atoms with Gasteiger partial charge >= 0.3 is 23.3 Å². The van der Waals surface area contributed by atoms with Crippen LogP contribution < -0.4 is 0 Å². The Morgan fingerprint density at radius 3 is 0.740 bits per heavy atom. The molecular weight excluding hydrogens is 652 g/mol. The first-order valence-corrected chi connectivity index (χ1v) is 14.1. The summed E-state index contributed by atoms with van der Waals surface area (Å²) < 4.78 is 0. The fraction of sp³-hybridized carbons (Fsp3) is 0. The van der Waals surface area contributed by atoms with E-state index in [-0.39, 0.29) is 23.3 Å². The lowest BCUT2D eigenvalue weighted by molar-refractivity contribution is -0.389. The van der Waals surface area contributed by atoms with Crippen LogP contribution in [0.15, 0.2) is 73.3 Å². The van der Waals surface area contributed by atoms with E-state index < -0.39 is 19.7 Å². The molecule has 18 heteroatoms. The second-order valence-corrected chi connectivity index (χ2v) is 9.93. The maximum atomic E-state index is 11.0. The molecule has 0 saturated carbocycles. The van der Waals surface area contributed by atoms with Crippen LogP contribution in [0.2, 0.25) is 0 Å². The molecule has 0 N–H and O–H groups in total. The zero-order valence-electron chi connectivity index (χ0n) is 25.3. The second kappa shape index (κ2) is 15.2. The first-order chi connectivity index (χ1) is 24.0. The summed E-state index contributed by atoms with van der Waals surface area (Å²) in [6, 6.07) is 11.0. The van der Waals surface area contributed by atoms with E-state index in [0.29, 0.717) is 45.0 Å². The predicted molar refractivity (Wildman–Crippen MR) is 181 cm³/mol. The zero-order chi connectivity index (χ0) is 35.6. The van der Waals surface area contributed by atoms with Gasteiger partial charge in [0.15, 0.2) is 0 Å². The van der Waals surface area contributed by atoms with Gasteiger partial charge in [-0.15, -0.1) is 0 Å². The molecule has 0 saturated heterocycles. The number of rotatable bonds is 12. The first kappa shape index (κ1) is 33.6. The number of hydrogen-bond acceptors (Lipinski definition) is 14. The number of aromatic nitrogens is 6. The molecule has 0 unspecified atom stereocenters. The van der Waals surface area contributed by atoms with Crippen LogP contribution in [-0.2, 0) is 0 Å². The van der Waals surface area contributed by atoms with Gasteiger partial charge in [0.1, 0.15) is 24.8 Å². The minimum Gasteiger partial charge on any atom is -0.358 e. The Balaban J connectivity index is 1.60. The lowest BCUT2D eigenvalue weighted by Crippen LogP contribution is -2.00. The standard InChI is InChI=1S/C32H20N10O8/c43-39(44)29-13-5-21(17-33-29)1-9-25-26(10-2-22-6-14-30(34-18-22)40(45)46)38-28(12-4-24-8-16-32(36-20-24)42(49)50)27(37-25)11-3-23-7-15-31(35-19-23)41(47)48/h1-20H. The van der Waals surface area contributed by atoms with Crippen LogP contribution in [0.1, 0.15) is 45.0 Å². The van der Waals surface area contributed by atoms with Crippen molar-refractivity contribution in [1.29, 1.82) is 0 Å². The van der Waals surface area contributed by atoms with Crippen LogP contribution in [0.5, 0.6) is 0 Å². The molecule has 5 aromatic heterocycles. The minimum atomic E-state index is -0.618. The van der Waals surface area contributed by atoms with Crippen molar-refractivity contribution in [2.75, 3.05) is 0 Å². The molecule has 0 aromatic carbocycles. The van der Waals surface area contributed by atoms with Gasteiger partial charge in [-0.3, -0.25) is 0 Å². The first-order valence-electron chi connectivity index (χ1n) is 14.1. The Bertz CT molecular complexity index is 1890. The van der Waals surface area contributed by atoms with Crippen LogP contribution >= 0.6 is 0 Å². The summed E-state index contributed by atoms with van der Waals surface area (Å²) in [5.41, 5.74) is 3.45. The monoisotopic (exact) mass is 672 g/mol. The predicted octanol–water partition coefficient (Wildman–Crippen LogP) is 6.37. The smallest absolute Gasteiger partial charge is 0.358 e. The van der Waals surface area contributed by atoms with Crippen LogP contribution in [0.4, 0.5) is 23.3 Å². The molecule has 0 aliphatic rings. The highest BCUT2D eigenvalue weighted by Crippen LogP contribution is 2.21. The van der Waals surface area contributed by atoms with Gasteiger partial charge in [-0.1, -0.05) is 0 Å². The highest BCUT2D eigenvalue weighted by molar-refractivity contribution is 5.81. The molecule has 0 radical (unpaired) electrons. The summed E-state index contributed by atoms with van der Waals surface area (Å²) in [5.74, 6) is -1.30. The summed E-state index contributed by atoms with van der Waals surface area (Å²) in [7, 11) is 0. The number of pyridine rings is 4. The van der Waals surface area contributed by atoms with Crippen molar-refractivity contribution in [2.24, 2.45) is 0 Å². The SMILES string of the molecule is O=[N+]([O-])c1ccc(C=Cc2nc(C=Cc3ccc([N+](=O)[O-])nc3)c(C=Cc3ccc([N+](=O)[O-])nc3)nc2C=Cc2ccc([N+](=O)[O-])nc2)cn1. The van der Waals surface area contributed by atoms with Crippen LogP contribution in [0.3, 0.4) is 0 Å². The van der Waals surface area contributed by atoms with Gasteiger partial charge in [-0.25, -0.2) is 9.97 Å². The minimum absolute atomic E-state index is 0.324. The molecule has 246 valence electrons. The van der Waals surface area contributed by atoms with Gasteiger partial charge in [0.05, 0.1) is 22.8 Å². The largest absolute Gasteiger partial charge is 0.363 e. The number of hydrogen-bond donors (Lipinski definition) is 0. The van der Waals surface area contributed by atoms with Crippen molar-refractivity contribution in [3.05, 3.63) is 159 Å². The van der Waals surface area contributed by atoms with Gasteiger partial charge in [0, 0.05) is 46.5 Å². The maximum Gasteiger partial charge on any atom is 0.363 e. The third-order valence-corrected chi connectivity index (χ3v) is 6.57. The Labute approximate surface area is 280 Å². The average Bonchev–Trinajstić information content (AvgIpc) is 3.12. The summed E-state index contributed by atoms with van der Waals surface area (Å²) in [6.45, 7) is 0. The summed E-state index contributed by atoms with van der Waals surface area (Å²) >= 11 is 0. The molecule has 0 fully saturated rings. The van der Waals surface area contributed by atoms with Gasteiger partial charge in [0.25, 0.3) is 0 Å². The Kier molecular flexibility index (Phi) is 10.2. The molecule has 0 atom stereocenters. The Hall–Kier alpha value is -7.76. The van der Waals surface area contributed by atoms with E-state index >= 15 is 0 Å². The maximum absolute atomic E-state index is 11.0. The highest BCUT2D eigenvalue weighted by Gasteiger charge is 2.12. The molecule has 50 heavy (non-hydrogen) atoms. The van der Waals surface area contributed by atoms with E-state index in [0.717, 1.165) is 0 Å². The zero-order valence-corrected chi connectivity index (χ0v) is 25.3. The molecule has 0 bridgehead atoms. The molecule has 5 heterocycles. The van der Waals surface area contributed by atoms with Crippen LogP contribution in [0.25, 0.3) is 48.6 Å². The molecule has 0 aliphatic heterocycles. The third kappa shape index (κ3) is 8.73. The van der Waals surface area contributed by atoms with E-state index in [4.69, 9.17) is 9.97 Å². The molecular formula is C32H20N10O8. The lowest BCUT2D eigenvalue weighted by atomic mass is 10.1. The van der Waals surface area contributed by atoms with Gasteiger partial charge in [-0.05, 0) is 113 Å². The summed E-state index contributed by atoms with van der Waals surface area (Å²) in [5, 5.41) is 44.1. The van der Waals surface area contributed by atoms with E-state index in [1.54, 1.807) is 48.6 Å². The molecule has 5 rings (SSSR count). The summed E-state index contributed by atoms with van der Waals surface area (Å²) in [6.07, 6.45) is 18.2. The molecule has 0 amide bonds. The van der Waals surface area contributed by atoms with E-state index in [1.165, 1.54) is 73.3 Å². The third-order valence-electron chi connectivity index (χ3n) is 6.57. The second-order valence-electron chi connectivity index (χ2n) is 9.93. The van der Waals surface area contributed by atoms with Gasteiger partial charge < -0.3 is 40.5 Å². The van der Waals surface area contributed by atoms with E-state index in [9.17, 15) is 40.5 Å². The van der Waals surface area contributed by atoms with Crippen molar-refractivity contribution in [1.82, 2.24) is 29.9 Å². The molecule has 5 aromatic rings. The quantitative estimate of drug-likeness (QED) is 0.103. The molecule has 18 nitrogen and oxygen atoms in total. The number of nitrogens with zero attached hydrogens (tertiary/aromatic N) is 10. The van der Waals surface area contributed by atoms with Crippen molar-refractivity contribution in [3.8, 4) is 0 Å². The van der Waals surface area contributed by atoms with Crippen molar-refractivity contribution >= 4 is 71.9 Å². The van der Waals surface area contributed by atoms with Crippen molar-refractivity contribution in [2.45, 2.75) is 0 Å².